The van der Waals surface area contributed by atoms with Crippen molar-refractivity contribution in [1.82, 2.24) is 5.32 Å². The van der Waals surface area contributed by atoms with Crippen molar-refractivity contribution in [3.8, 4) is 0 Å². The predicted octanol–water partition coefficient (Wildman–Crippen LogP) is 1.84. The quantitative estimate of drug-likeness (QED) is 0.732. The Hall–Kier alpha value is -0.570. The Labute approximate surface area is 92.3 Å². The number of amides is 1. The van der Waals surface area contributed by atoms with Crippen LogP contribution in [0, 0.1) is 5.92 Å². The van der Waals surface area contributed by atoms with Crippen molar-refractivity contribution in [2.24, 2.45) is 5.92 Å². The van der Waals surface area contributed by atoms with Crippen LogP contribution in [-0.2, 0) is 4.79 Å². The van der Waals surface area contributed by atoms with Crippen molar-refractivity contribution in [3.63, 3.8) is 0 Å². The maximum Gasteiger partial charge on any atom is 0.220 e. The molecule has 3 heteroatoms. The first-order valence-corrected chi connectivity index (χ1v) is 6.14. The normalized spacial score (nSPS) is 19.9. The van der Waals surface area contributed by atoms with Gasteiger partial charge >= 0.3 is 0 Å². The summed E-state index contributed by atoms with van der Waals surface area (Å²) in [5.41, 5.74) is 0. The van der Waals surface area contributed by atoms with Crippen molar-refractivity contribution >= 4 is 5.91 Å². The van der Waals surface area contributed by atoms with Gasteiger partial charge in [0.1, 0.15) is 0 Å². The Morgan fingerprint density at radius 3 is 2.67 bits per heavy atom. The molecule has 0 aromatic heterocycles. The van der Waals surface area contributed by atoms with Gasteiger partial charge in [0.25, 0.3) is 0 Å². The number of aliphatic hydroxyl groups excluding tert-OH is 1. The van der Waals surface area contributed by atoms with Crippen LogP contribution in [0.25, 0.3) is 0 Å². The third-order valence-electron chi connectivity index (χ3n) is 3.31. The van der Waals surface area contributed by atoms with E-state index in [0.29, 0.717) is 24.8 Å². The summed E-state index contributed by atoms with van der Waals surface area (Å²) in [6, 6.07) is 0.302. The van der Waals surface area contributed by atoms with Crippen LogP contribution in [-0.4, -0.2) is 23.7 Å². The number of carbonyl (C=O) groups excluding carboxylic acids is 1. The SMILES string of the molecule is C[C@H](NC(=O)CCCO)C1CCCCC1. The molecule has 88 valence electrons. The van der Waals surface area contributed by atoms with Gasteiger partial charge in [-0.05, 0) is 32.1 Å². The van der Waals surface area contributed by atoms with Gasteiger partial charge in [-0.2, -0.15) is 0 Å². The Morgan fingerprint density at radius 2 is 2.07 bits per heavy atom. The van der Waals surface area contributed by atoms with E-state index in [4.69, 9.17) is 5.11 Å². The summed E-state index contributed by atoms with van der Waals surface area (Å²) >= 11 is 0. The fourth-order valence-corrected chi connectivity index (χ4v) is 2.32. The first-order valence-electron chi connectivity index (χ1n) is 6.14. The molecule has 1 atom stereocenters. The molecule has 0 saturated heterocycles. The Bertz CT molecular complexity index is 188. The molecule has 1 aliphatic carbocycles. The topological polar surface area (TPSA) is 49.3 Å². The summed E-state index contributed by atoms with van der Waals surface area (Å²) in [5.74, 6) is 0.749. The predicted molar refractivity (Wildman–Crippen MR) is 60.5 cm³/mol. The van der Waals surface area contributed by atoms with Gasteiger partial charge in [-0.25, -0.2) is 0 Å². The highest BCUT2D eigenvalue weighted by Gasteiger charge is 2.20. The molecule has 0 aromatic carbocycles. The van der Waals surface area contributed by atoms with E-state index in [9.17, 15) is 4.79 Å². The van der Waals surface area contributed by atoms with Crippen LogP contribution in [0.5, 0.6) is 0 Å². The second-order valence-electron chi connectivity index (χ2n) is 4.58. The molecular formula is C12H23NO2. The zero-order valence-corrected chi connectivity index (χ0v) is 9.67. The lowest BCUT2D eigenvalue weighted by atomic mass is 9.84. The summed E-state index contributed by atoms with van der Waals surface area (Å²) in [6.45, 7) is 2.21. The van der Waals surface area contributed by atoms with Gasteiger partial charge < -0.3 is 10.4 Å². The molecule has 0 aromatic rings. The summed E-state index contributed by atoms with van der Waals surface area (Å²) in [5, 5.41) is 11.7. The van der Waals surface area contributed by atoms with E-state index in [2.05, 4.69) is 12.2 Å². The lowest BCUT2D eigenvalue weighted by molar-refractivity contribution is -0.122. The van der Waals surface area contributed by atoms with E-state index in [1.165, 1.54) is 32.1 Å². The average Bonchev–Trinajstić information content (AvgIpc) is 2.27. The van der Waals surface area contributed by atoms with Gasteiger partial charge in [0.05, 0.1) is 0 Å². The molecule has 1 amide bonds. The van der Waals surface area contributed by atoms with Gasteiger partial charge in [-0.1, -0.05) is 19.3 Å². The first-order chi connectivity index (χ1) is 7.24. The van der Waals surface area contributed by atoms with E-state index < -0.39 is 0 Å². The third kappa shape index (κ3) is 4.65. The molecule has 3 nitrogen and oxygen atoms in total. The van der Waals surface area contributed by atoms with Crippen molar-refractivity contribution in [3.05, 3.63) is 0 Å². The molecule has 0 radical (unpaired) electrons. The van der Waals surface area contributed by atoms with Crippen LogP contribution in [0.15, 0.2) is 0 Å². The van der Waals surface area contributed by atoms with Crippen molar-refractivity contribution in [2.45, 2.75) is 57.9 Å². The van der Waals surface area contributed by atoms with Crippen LogP contribution in [0.1, 0.15) is 51.9 Å². The summed E-state index contributed by atoms with van der Waals surface area (Å²) in [6.07, 6.45) is 7.49. The maximum atomic E-state index is 11.4. The van der Waals surface area contributed by atoms with E-state index in [1.807, 2.05) is 0 Å². The fourth-order valence-electron chi connectivity index (χ4n) is 2.32. The molecule has 1 aliphatic rings. The summed E-state index contributed by atoms with van der Waals surface area (Å²) in [7, 11) is 0. The zero-order valence-electron chi connectivity index (χ0n) is 9.67. The number of aliphatic hydroxyl groups is 1. The third-order valence-corrected chi connectivity index (χ3v) is 3.31. The number of carbonyl (C=O) groups is 1. The number of hydrogen-bond donors (Lipinski definition) is 2. The molecule has 0 bridgehead atoms. The minimum atomic E-state index is 0.0853. The van der Waals surface area contributed by atoms with Crippen molar-refractivity contribution in [2.75, 3.05) is 6.61 Å². The fraction of sp³-hybridized carbons (Fsp3) is 0.917. The molecule has 0 spiro atoms. The second-order valence-corrected chi connectivity index (χ2v) is 4.58. The Morgan fingerprint density at radius 1 is 1.40 bits per heavy atom. The van der Waals surface area contributed by atoms with Gasteiger partial charge in [0.2, 0.25) is 5.91 Å². The van der Waals surface area contributed by atoms with Crippen LogP contribution in [0.4, 0.5) is 0 Å². The van der Waals surface area contributed by atoms with Crippen LogP contribution in [0.2, 0.25) is 0 Å². The average molecular weight is 213 g/mol. The van der Waals surface area contributed by atoms with E-state index in [0.717, 1.165) is 0 Å². The highest BCUT2D eigenvalue weighted by Crippen LogP contribution is 2.26. The molecule has 1 saturated carbocycles. The summed E-state index contributed by atoms with van der Waals surface area (Å²) in [4.78, 5) is 11.4. The second kappa shape index (κ2) is 6.83. The summed E-state index contributed by atoms with van der Waals surface area (Å²) < 4.78 is 0. The molecule has 0 unspecified atom stereocenters. The lowest BCUT2D eigenvalue weighted by Crippen LogP contribution is -2.38. The van der Waals surface area contributed by atoms with E-state index >= 15 is 0 Å². The van der Waals surface area contributed by atoms with Crippen molar-refractivity contribution in [1.29, 1.82) is 0 Å². The van der Waals surface area contributed by atoms with Crippen molar-refractivity contribution < 1.29 is 9.90 Å². The Kier molecular flexibility index (Phi) is 5.69. The van der Waals surface area contributed by atoms with Crippen LogP contribution < -0.4 is 5.32 Å². The molecule has 15 heavy (non-hydrogen) atoms. The maximum absolute atomic E-state index is 11.4. The van der Waals surface area contributed by atoms with E-state index in [-0.39, 0.29) is 12.5 Å². The number of nitrogens with one attached hydrogen (secondary N) is 1. The molecule has 1 fully saturated rings. The van der Waals surface area contributed by atoms with Crippen LogP contribution >= 0.6 is 0 Å². The molecule has 0 heterocycles. The number of hydrogen-bond acceptors (Lipinski definition) is 2. The standard InChI is InChI=1S/C12H23NO2/c1-10(11-6-3-2-4-7-11)13-12(15)8-5-9-14/h10-11,14H,2-9H2,1H3,(H,13,15)/t10-/m0/s1. The minimum absolute atomic E-state index is 0.0853. The van der Waals surface area contributed by atoms with Gasteiger partial charge in [0.15, 0.2) is 0 Å². The number of rotatable bonds is 5. The lowest BCUT2D eigenvalue weighted by Gasteiger charge is -2.28. The zero-order chi connectivity index (χ0) is 11.1. The van der Waals surface area contributed by atoms with Gasteiger partial charge in [-0.3, -0.25) is 4.79 Å². The molecule has 1 rings (SSSR count). The molecule has 2 N–H and O–H groups in total. The minimum Gasteiger partial charge on any atom is -0.396 e. The highest BCUT2D eigenvalue weighted by atomic mass is 16.3. The Balaban J connectivity index is 2.21. The monoisotopic (exact) mass is 213 g/mol. The first kappa shape index (κ1) is 12.5. The molecular weight excluding hydrogens is 190 g/mol. The smallest absolute Gasteiger partial charge is 0.220 e. The molecule has 0 aliphatic heterocycles. The van der Waals surface area contributed by atoms with Gasteiger partial charge in [0, 0.05) is 19.1 Å². The van der Waals surface area contributed by atoms with E-state index in [1.54, 1.807) is 0 Å². The highest BCUT2D eigenvalue weighted by molar-refractivity contribution is 5.76. The van der Waals surface area contributed by atoms with Crippen LogP contribution in [0.3, 0.4) is 0 Å². The largest absolute Gasteiger partial charge is 0.396 e. The van der Waals surface area contributed by atoms with Gasteiger partial charge in [-0.15, -0.1) is 0 Å².